The van der Waals surface area contributed by atoms with Crippen LogP contribution in [0.2, 0.25) is 0 Å². The van der Waals surface area contributed by atoms with Gasteiger partial charge in [0.25, 0.3) is 0 Å². The highest BCUT2D eigenvalue weighted by atomic mass is 16.5. The van der Waals surface area contributed by atoms with Crippen LogP contribution in [0.5, 0.6) is 11.5 Å². The van der Waals surface area contributed by atoms with Gasteiger partial charge in [-0.3, -0.25) is 0 Å². The van der Waals surface area contributed by atoms with E-state index in [0.717, 1.165) is 24.5 Å². The van der Waals surface area contributed by atoms with Crippen molar-refractivity contribution in [2.75, 3.05) is 14.2 Å². The van der Waals surface area contributed by atoms with Crippen LogP contribution in [0, 0.1) is 0 Å². The lowest BCUT2D eigenvalue weighted by molar-refractivity contribution is 0.300. The maximum atomic E-state index is 5.49. The van der Waals surface area contributed by atoms with E-state index < -0.39 is 0 Å². The zero-order chi connectivity index (χ0) is 12.6. The summed E-state index contributed by atoms with van der Waals surface area (Å²) >= 11 is 0. The number of benzene rings is 1. The Bertz CT molecular complexity index is 450. The molecule has 0 atom stereocenters. The van der Waals surface area contributed by atoms with Crippen LogP contribution < -0.4 is 14.8 Å². The summed E-state index contributed by atoms with van der Waals surface area (Å²) in [6, 6.07) is 4.16. The monoisotopic (exact) mass is 247 g/mol. The molecule has 0 aromatic heterocycles. The molecule has 3 rings (SSSR count). The molecule has 1 spiro atoms. The summed E-state index contributed by atoms with van der Waals surface area (Å²) in [4.78, 5) is 0. The van der Waals surface area contributed by atoms with Crippen LogP contribution in [0.15, 0.2) is 12.1 Å². The predicted octanol–water partition coefficient (Wildman–Crippen LogP) is 2.66. The fraction of sp³-hybridized carbons (Fsp3) is 0.600. The number of hydrogen-bond donors (Lipinski definition) is 1. The molecule has 1 heterocycles. The summed E-state index contributed by atoms with van der Waals surface area (Å²) in [5.74, 6) is 1.85. The Labute approximate surface area is 108 Å². The van der Waals surface area contributed by atoms with Gasteiger partial charge in [-0.05, 0) is 30.9 Å². The first-order valence-electron chi connectivity index (χ1n) is 6.75. The Morgan fingerprint density at radius 2 is 1.89 bits per heavy atom. The molecule has 2 aliphatic rings. The largest absolute Gasteiger partial charge is 0.497 e. The van der Waals surface area contributed by atoms with E-state index in [1.807, 2.05) is 6.07 Å². The molecule has 3 heteroatoms. The molecular formula is C15H21NO2. The van der Waals surface area contributed by atoms with Crippen molar-refractivity contribution >= 4 is 0 Å². The number of nitrogens with one attached hydrogen (secondary N) is 1. The first-order valence-corrected chi connectivity index (χ1v) is 6.75. The quantitative estimate of drug-likeness (QED) is 0.871. The minimum atomic E-state index is 0.338. The summed E-state index contributed by atoms with van der Waals surface area (Å²) in [6.45, 7) is 0.919. The number of ether oxygens (including phenoxy) is 2. The lowest BCUT2D eigenvalue weighted by atomic mass is 9.83. The van der Waals surface area contributed by atoms with Gasteiger partial charge in [0.15, 0.2) is 0 Å². The number of fused-ring (bicyclic) bond motifs is 1. The molecule has 3 nitrogen and oxygen atoms in total. The normalized spacial score (nSPS) is 20.8. The molecular weight excluding hydrogens is 226 g/mol. The van der Waals surface area contributed by atoms with Crippen LogP contribution in [0.3, 0.4) is 0 Å². The number of rotatable bonds is 2. The molecule has 1 aromatic rings. The Hall–Kier alpha value is -1.22. The summed E-state index contributed by atoms with van der Waals surface area (Å²) in [6.07, 6.45) is 6.40. The van der Waals surface area contributed by atoms with Gasteiger partial charge in [-0.2, -0.15) is 0 Å². The van der Waals surface area contributed by atoms with Crippen LogP contribution in [-0.4, -0.2) is 19.8 Å². The highest BCUT2D eigenvalue weighted by Gasteiger charge is 2.37. The van der Waals surface area contributed by atoms with E-state index in [-0.39, 0.29) is 0 Å². The van der Waals surface area contributed by atoms with E-state index in [0.29, 0.717) is 5.54 Å². The third-order valence-corrected chi connectivity index (χ3v) is 4.46. The van der Waals surface area contributed by atoms with Gasteiger partial charge in [-0.15, -0.1) is 0 Å². The van der Waals surface area contributed by atoms with Crippen molar-refractivity contribution in [3.8, 4) is 11.5 Å². The Kier molecular flexibility index (Phi) is 2.94. The van der Waals surface area contributed by atoms with E-state index in [1.165, 1.54) is 36.8 Å². The highest BCUT2D eigenvalue weighted by Crippen LogP contribution is 2.40. The molecule has 1 N–H and O–H groups in total. The Morgan fingerprint density at radius 1 is 1.11 bits per heavy atom. The smallest absolute Gasteiger partial charge is 0.127 e. The second kappa shape index (κ2) is 4.47. The number of methoxy groups -OCH3 is 2. The summed E-state index contributed by atoms with van der Waals surface area (Å²) in [5, 5.41) is 3.74. The van der Waals surface area contributed by atoms with Crippen molar-refractivity contribution in [3.63, 3.8) is 0 Å². The molecule has 1 aliphatic heterocycles. The molecule has 0 radical (unpaired) electrons. The third kappa shape index (κ3) is 1.87. The second-order valence-corrected chi connectivity index (χ2v) is 5.49. The van der Waals surface area contributed by atoms with Gasteiger partial charge in [0.1, 0.15) is 11.5 Å². The summed E-state index contributed by atoms with van der Waals surface area (Å²) in [5.41, 5.74) is 3.03. The average molecular weight is 247 g/mol. The summed E-state index contributed by atoms with van der Waals surface area (Å²) in [7, 11) is 3.45. The van der Waals surface area contributed by atoms with Gasteiger partial charge in [0, 0.05) is 23.7 Å². The topological polar surface area (TPSA) is 30.5 Å². The molecule has 1 aliphatic carbocycles. The third-order valence-electron chi connectivity index (χ3n) is 4.46. The minimum Gasteiger partial charge on any atom is -0.497 e. The van der Waals surface area contributed by atoms with Crippen LogP contribution in [0.1, 0.15) is 36.8 Å². The van der Waals surface area contributed by atoms with E-state index in [1.54, 1.807) is 14.2 Å². The molecule has 0 saturated heterocycles. The Balaban J connectivity index is 1.98. The van der Waals surface area contributed by atoms with E-state index in [9.17, 15) is 0 Å². The number of hydrogen-bond acceptors (Lipinski definition) is 3. The van der Waals surface area contributed by atoms with Crippen molar-refractivity contribution < 1.29 is 9.47 Å². The van der Waals surface area contributed by atoms with Gasteiger partial charge in [-0.1, -0.05) is 12.8 Å². The van der Waals surface area contributed by atoms with Gasteiger partial charge in [0.2, 0.25) is 0 Å². The fourth-order valence-corrected chi connectivity index (χ4v) is 3.44. The maximum Gasteiger partial charge on any atom is 0.127 e. The average Bonchev–Trinajstić information content (AvgIpc) is 2.85. The van der Waals surface area contributed by atoms with Crippen molar-refractivity contribution in [1.29, 1.82) is 0 Å². The predicted molar refractivity (Wildman–Crippen MR) is 71.3 cm³/mol. The standard InChI is InChI=1S/C15H21NO2/c1-17-12-7-11-9-15(5-3-4-6-15)16-10-13(11)14(8-12)18-2/h7-8,16H,3-6,9-10H2,1-2H3. The molecule has 1 saturated carbocycles. The molecule has 18 heavy (non-hydrogen) atoms. The van der Waals surface area contributed by atoms with Crippen LogP contribution in [0.25, 0.3) is 0 Å². The molecule has 98 valence electrons. The minimum absolute atomic E-state index is 0.338. The van der Waals surface area contributed by atoms with Gasteiger partial charge in [-0.25, -0.2) is 0 Å². The maximum absolute atomic E-state index is 5.49. The van der Waals surface area contributed by atoms with Crippen LogP contribution in [0.4, 0.5) is 0 Å². The zero-order valence-electron chi connectivity index (χ0n) is 11.2. The van der Waals surface area contributed by atoms with Crippen molar-refractivity contribution in [2.24, 2.45) is 0 Å². The molecule has 0 amide bonds. The lowest BCUT2D eigenvalue weighted by Crippen LogP contribution is -2.47. The zero-order valence-corrected chi connectivity index (χ0v) is 11.2. The molecule has 0 unspecified atom stereocenters. The van der Waals surface area contributed by atoms with Crippen molar-refractivity contribution in [1.82, 2.24) is 5.32 Å². The summed E-state index contributed by atoms with van der Waals surface area (Å²) < 4.78 is 10.9. The first kappa shape index (κ1) is 11.8. The fourth-order valence-electron chi connectivity index (χ4n) is 3.44. The van der Waals surface area contributed by atoms with Gasteiger partial charge >= 0.3 is 0 Å². The molecule has 0 bridgehead atoms. The second-order valence-electron chi connectivity index (χ2n) is 5.49. The van der Waals surface area contributed by atoms with Crippen molar-refractivity contribution in [3.05, 3.63) is 23.3 Å². The molecule has 1 aromatic carbocycles. The van der Waals surface area contributed by atoms with Crippen molar-refractivity contribution in [2.45, 2.75) is 44.2 Å². The van der Waals surface area contributed by atoms with Gasteiger partial charge in [0.05, 0.1) is 14.2 Å². The van der Waals surface area contributed by atoms with Gasteiger partial charge < -0.3 is 14.8 Å². The Morgan fingerprint density at radius 3 is 2.56 bits per heavy atom. The lowest BCUT2D eigenvalue weighted by Gasteiger charge is -2.36. The molecule has 1 fully saturated rings. The van der Waals surface area contributed by atoms with E-state index in [4.69, 9.17) is 9.47 Å². The highest BCUT2D eigenvalue weighted by molar-refractivity contribution is 5.48. The van der Waals surface area contributed by atoms with Crippen LogP contribution >= 0.6 is 0 Å². The van der Waals surface area contributed by atoms with Crippen LogP contribution in [-0.2, 0) is 13.0 Å². The SMILES string of the molecule is COc1cc2c(c(OC)c1)CNC1(CCCC1)C2. The van der Waals surface area contributed by atoms with E-state index >= 15 is 0 Å². The van der Waals surface area contributed by atoms with E-state index in [2.05, 4.69) is 11.4 Å². The first-order chi connectivity index (χ1) is 8.76.